The van der Waals surface area contributed by atoms with E-state index in [0.29, 0.717) is 5.82 Å². The van der Waals surface area contributed by atoms with Crippen molar-refractivity contribution in [1.82, 2.24) is 4.98 Å². The Balaban J connectivity index is 2.14. The lowest BCUT2D eigenvalue weighted by molar-refractivity contribution is 0.0697. The molecular weight excluding hydrogens is 256 g/mol. The molecule has 2 atom stereocenters. The molecular formula is C12H15ClN2O3. The molecule has 6 heteroatoms. The third-order valence-electron chi connectivity index (χ3n) is 3.31. The first-order valence-electron chi connectivity index (χ1n) is 5.88. The summed E-state index contributed by atoms with van der Waals surface area (Å²) in [6, 6.07) is 1.57. The normalized spacial score (nSPS) is 23.0. The molecule has 98 valence electrons. The molecule has 1 aliphatic carbocycles. The lowest BCUT2D eigenvalue weighted by Gasteiger charge is -2.19. The number of hydrogen-bond acceptors (Lipinski definition) is 4. The van der Waals surface area contributed by atoms with E-state index in [0.717, 1.165) is 19.3 Å². The van der Waals surface area contributed by atoms with Crippen molar-refractivity contribution in [1.29, 1.82) is 0 Å². The summed E-state index contributed by atoms with van der Waals surface area (Å²) in [7, 11) is 0. The van der Waals surface area contributed by atoms with E-state index in [1.54, 1.807) is 0 Å². The Hall–Kier alpha value is -1.33. The highest BCUT2D eigenvalue weighted by atomic mass is 35.5. The van der Waals surface area contributed by atoms with Crippen molar-refractivity contribution in [3.8, 4) is 0 Å². The topological polar surface area (TPSA) is 82.5 Å². The number of carbonyl (C=O) groups is 1. The highest BCUT2D eigenvalue weighted by molar-refractivity contribution is 6.33. The molecule has 2 rings (SSSR count). The van der Waals surface area contributed by atoms with E-state index < -0.39 is 5.97 Å². The summed E-state index contributed by atoms with van der Waals surface area (Å²) in [5.74, 6) is -0.381. The number of anilines is 1. The van der Waals surface area contributed by atoms with Gasteiger partial charge in [0, 0.05) is 24.8 Å². The number of halogens is 1. The summed E-state index contributed by atoms with van der Waals surface area (Å²) in [6.07, 6.45) is 4.32. The monoisotopic (exact) mass is 270 g/mol. The van der Waals surface area contributed by atoms with Gasteiger partial charge in [-0.25, -0.2) is 9.78 Å². The van der Waals surface area contributed by atoms with Gasteiger partial charge in [0.2, 0.25) is 0 Å². The van der Waals surface area contributed by atoms with Crippen LogP contribution in [-0.2, 0) is 0 Å². The van der Waals surface area contributed by atoms with Gasteiger partial charge in [-0.2, -0.15) is 0 Å². The Labute approximate surface area is 110 Å². The number of aromatic nitrogens is 1. The fraction of sp³-hybridized carbons (Fsp3) is 0.500. The summed E-state index contributed by atoms with van der Waals surface area (Å²) >= 11 is 5.75. The zero-order valence-corrected chi connectivity index (χ0v) is 10.5. The van der Waals surface area contributed by atoms with Gasteiger partial charge in [-0.15, -0.1) is 0 Å². The van der Waals surface area contributed by atoms with E-state index in [1.165, 1.54) is 12.3 Å². The quantitative estimate of drug-likeness (QED) is 0.780. The van der Waals surface area contributed by atoms with Gasteiger partial charge in [0.1, 0.15) is 5.82 Å². The zero-order valence-electron chi connectivity index (χ0n) is 9.77. The number of aliphatic hydroxyl groups is 1. The van der Waals surface area contributed by atoms with Crippen LogP contribution < -0.4 is 5.32 Å². The Kier molecular flexibility index (Phi) is 4.04. The van der Waals surface area contributed by atoms with Crippen LogP contribution in [0.3, 0.4) is 0 Å². The molecule has 0 saturated heterocycles. The number of hydrogen-bond donors (Lipinski definition) is 3. The van der Waals surface area contributed by atoms with Crippen molar-refractivity contribution in [2.24, 2.45) is 5.92 Å². The van der Waals surface area contributed by atoms with E-state index in [4.69, 9.17) is 16.7 Å². The Morgan fingerprint density at radius 3 is 3.00 bits per heavy atom. The second kappa shape index (κ2) is 5.54. The van der Waals surface area contributed by atoms with Gasteiger partial charge in [0.15, 0.2) is 0 Å². The first-order chi connectivity index (χ1) is 8.61. The maximum Gasteiger partial charge on any atom is 0.337 e. The minimum atomic E-state index is -1.07. The largest absolute Gasteiger partial charge is 0.478 e. The Morgan fingerprint density at radius 2 is 2.33 bits per heavy atom. The van der Waals surface area contributed by atoms with Crippen LogP contribution in [0, 0.1) is 5.92 Å². The van der Waals surface area contributed by atoms with Crippen LogP contribution in [0.4, 0.5) is 5.82 Å². The first kappa shape index (κ1) is 13.1. The van der Waals surface area contributed by atoms with Crippen molar-refractivity contribution in [3.05, 3.63) is 22.8 Å². The van der Waals surface area contributed by atoms with E-state index >= 15 is 0 Å². The molecule has 0 radical (unpaired) electrons. The molecule has 1 heterocycles. The van der Waals surface area contributed by atoms with Crippen LogP contribution >= 0.6 is 11.6 Å². The minimum absolute atomic E-state index is 0.0349. The molecule has 5 nitrogen and oxygen atoms in total. The predicted molar refractivity (Wildman–Crippen MR) is 68.0 cm³/mol. The molecule has 0 aliphatic heterocycles. The summed E-state index contributed by atoms with van der Waals surface area (Å²) in [6.45, 7) is 0.136. The molecule has 0 bridgehead atoms. The van der Waals surface area contributed by atoms with Crippen LogP contribution in [0.2, 0.25) is 5.02 Å². The number of pyridine rings is 1. The molecule has 18 heavy (non-hydrogen) atoms. The molecule has 1 aliphatic rings. The van der Waals surface area contributed by atoms with Gasteiger partial charge in [-0.05, 0) is 18.9 Å². The summed E-state index contributed by atoms with van der Waals surface area (Å²) in [5, 5.41) is 21.5. The van der Waals surface area contributed by atoms with Crippen molar-refractivity contribution in [3.63, 3.8) is 0 Å². The van der Waals surface area contributed by atoms with Gasteiger partial charge in [-0.3, -0.25) is 0 Å². The number of nitrogens with zero attached hydrogens (tertiary/aromatic N) is 1. The Bertz CT molecular complexity index is 453. The number of aliphatic hydroxyl groups excluding tert-OH is 1. The van der Waals surface area contributed by atoms with Crippen LogP contribution in [-0.4, -0.2) is 33.8 Å². The van der Waals surface area contributed by atoms with Crippen molar-refractivity contribution in [2.45, 2.75) is 25.3 Å². The average molecular weight is 271 g/mol. The third-order valence-corrected chi connectivity index (χ3v) is 3.61. The Morgan fingerprint density at radius 1 is 1.56 bits per heavy atom. The maximum atomic E-state index is 11.0. The molecule has 0 aromatic carbocycles. The number of carboxylic acid groups (broad SMARTS) is 1. The molecule has 1 aromatic rings. The maximum absolute atomic E-state index is 11.0. The average Bonchev–Trinajstić information content (AvgIpc) is 2.78. The molecule has 0 amide bonds. The SMILES string of the molecule is O=C(O)c1cc(NC2CCCC2CO)ncc1Cl. The zero-order chi connectivity index (χ0) is 13.1. The standard InChI is InChI=1S/C12H15ClN2O3/c13-9-5-14-11(4-8(9)12(17)18)15-10-3-1-2-7(10)6-16/h4-5,7,10,16H,1-3,6H2,(H,14,15)(H,17,18). The van der Waals surface area contributed by atoms with Gasteiger partial charge in [0.05, 0.1) is 10.6 Å². The second-order valence-corrected chi connectivity index (χ2v) is 4.89. The van der Waals surface area contributed by atoms with Crippen molar-refractivity contribution >= 4 is 23.4 Å². The van der Waals surface area contributed by atoms with E-state index in [9.17, 15) is 9.90 Å². The predicted octanol–water partition coefficient (Wildman–Crippen LogP) is 2.01. The van der Waals surface area contributed by atoms with E-state index in [2.05, 4.69) is 10.3 Å². The summed E-state index contributed by atoms with van der Waals surface area (Å²) < 4.78 is 0. The molecule has 1 aromatic heterocycles. The van der Waals surface area contributed by atoms with Gasteiger partial charge in [-0.1, -0.05) is 18.0 Å². The van der Waals surface area contributed by atoms with Crippen LogP contribution in [0.25, 0.3) is 0 Å². The summed E-state index contributed by atoms with van der Waals surface area (Å²) in [4.78, 5) is 15.0. The highest BCUT2D eigenvalue weighted by Gasteiger charge is 2.26. The molecule has 1 fully saturated rings. The van der Waals surface area contributed by atoms with Crippen LogP contribution in [0.15, 0.2) is 12.3 Å². The van der Waals surface area contributed by atoms with Crippen molar-refractivity contribution < 1.29 is 15.0 Å². The number of aromatic carboxylic acids is 1. The van der Waals surface area contributed by atoms with Crippen LogP contribution in [0.1, 0.15) is 29.6 Å². The van der Waals surface area contributed by atoms with Gasteiger partial charge >= 0.3 is 5.97 Å². The second-order valence-electron chi connectivity index (χ2n) is 4.48. The fourth-order valence-corrected chi connectivity index (χ4v) is 2.50. The van der Waals surface area contributed by atoms with Gasteiger partial charge < -0.3 is 15.5 Å². The fourth-order valence-electron chi connectivity index (χ4n) is 2.32. The number of carboxylic acids is 1. The molecule has 0 spiro atoms. The van der Waals surface area contributed by atoms with E-state index in [1.807, 2.05) is 0 Å². The number of rotatable bonds is 4. The van der Waals surface area contributed by atoms with Crippen molar-refractivity contribution in [2.75, 3.05) is 11.9 Å². The molecule has 1 saturated carbocycles. The minimum Gasteiger partial charge on any atom is -0.478 e. The van der Waals surface area contributed by atoms with Crippen LogP contribution in [0.5, 0.6) is 0 Å². The highest BCUT2D eigenvalue weighted by Crippen LogP contribution is 2.28. The first-order valence-corrected chi connectivity index (χ1v) is 6.26. The number of nitrogens with one attached hydrogen (secondary N) is 1. The summed E-state index contributed by atoms with van der Waals surface area (Å²) in [5.41, 5.74) is 0.0349. The molecule has 2 unspecified atom stereocenters. The van der Waals surface area contributed by atoms with E-state index in [-0.39, 0.29) is 29.2 Å². The van der Waals surface area contributed by atoms with Gasteiger partial charge in [0.25, 0.3) is 0 Å². The molecule has 3 N–H and O–H groups in total. The lowest BCUT2D eigenvalue weighted by atomic mass is 10.1. The lowest BCUT2D eigenvalue weighted by Crippen LogP contribution is -2.26. The smallest absolute Gasteiger partial charge is 0.337 e. The third kappa shape index (κ3) is 2.73.